The summed E-state index contributed by atoms with van der Waals surface area (Å²) < 4.78 is 13.6. The first-order valence-corrected chi connectivity index (χ1v) is 5.92. The van der Waals surface area contributed by atoms with Crippen LogP contribution in [0.5, 0.6) is 0 Å². The zero-order valence-corrected chi connectivity index (χ0v) is 10.4. The zero-order chi connectivity index (χ0) is 13.0. The van der Waals surface area contributed by atoms with E-state index in [0.717, 1.165) is 6.54 Å². The highest BCUT2D eigenvalue weighted by Gasteiger charge is 2.09. The van der Waals surface area contributed by atoms with Gasteiger partial charge >= 0.3 is 0 Å². The quantitative estimate of drug-likeness (QED) is 0.838. The van der Waals surface area contributed by atoms with E-state index in [9.17, 15) is 4.39 Å². The highest BCUT2D eigenvalue weighted by molar-refractivity contribution is 5.47. The molecule has 94 valence electrons. The van der Waals surface area contributed by atoms with Gasteiger partial charge in [-0.3, -0.25) is 4.90 Å². The molecular formula is C15H17FN2. The van der Waals surface area contributed by atoms with Gasteiger partial charge in [-0.05, 0) is 24.7 Å². The number of halogens is 1. The van der Waals surface area contributed by atoms with Gasteiger partial charge in [0.05, 0.1) is 0 Å². The molecule has 0 aromatic heterocycles. The van der Waals surface area contributed by atoms with Crippen LogP contribution in [0.15, 0.2) is 48.5 Å². The normalized spacial score (nSPS) is 10.8. The maximum Gasteiger partial charge on any atom is 0.129 e. The molecule has 0 aliphatic rings. The average molecular weight is 244 g/mol. The van der Waals surface area contributed by atoms with Gasteiger partial charge in [-0.2, -0.15) is 0 Å². The van der Waals surface area contributed by atoms with Crippen molar-refractivity contribution in [2.45, 2.75) is 13.1 Å². The Kier molecular flexibility index (Phi) is 3.95. The highest BCUT2D eigenvalue weighted by atomic mass is 19.1. The van der Waals surface area contributed by atoms with Crippen LogP contribution in [0.2, 0.25) is 0 Å². The fourth-order valence-electron chi connectivity index (χ4n) is 1.96. The molecule has 2 aromatic carbocycles. The van der Waals surface area contributed by atoms with Crippen LogP contribution in [0.4, 0.5) is 10.1 Å². The summed E-state index contributed by atoms with van der Waals surface area (Å²) >= 11 is 0. The van der Waals surface area contributed by atoms with Crippen molar-refractivity contribution in [2.24, 2.45) is 0 Å². The second kappa shape index (κ2) is 5.65. The molecule has 0 radical (unpaired) electrons. The van der Waals surface area contributed by atoms with Crippen LogP contribution in [0, 0.1) is 5.82 Å². The molecule has 0 spiro atoms. The maximum absolute atomic E-state index is 13.6. The van der Waals surface area contributed by atoms with Crippen LogP contribution in [0.1, 0.15) is 11.1 Å². The minimum absolute atomic E-state index is 0.241. The van der Waals surface area contributed by atoms with Crippen LogP contribution in [-0.2, 0) is 13.1 Å². The van der Waals surface area contributed by atoms with E-state index < -0.39 is 0 Å². The molecule has 2 rings (SSSR count). The van der Waals surface area contributed by atoms with Gasteiger partial charge in [0.15, 0.2) is 0 Å². The van der Waals surface area contributed by atoms with Gasteiger partial charge in [0.1, 0.15) is 5.82 Å². The molecule has 0 aliphatic carbocycles. The Balaban J connectivity index is 2.06. The van der Waals surface area contributed by atoms with Gasteiger partial charge in [-0.25, -0.2) is 4.39 Å². The molecule has 0 aliphatic heterocycles. The Morgan fingerprint density at radius 1 is 1.00 bits per heavy atom. The van der Waals surface area contributed by atoms with Crippen molar-refractivity contribution in [3.8, 4) is 0 Å². The lowest BCUT2D eigenvalue weighted by Crippen LogP contribution is -2.19. The summed E-state index contributed by atoms with van der Waals surface area (Å²) in [5.74, 6) is -0.241. The van der Waals surface area contributed by atoms with E-state index in [-0.39, 0.29) is 5.82 Å². The van der Waals surface area contributed by atoms with Crippen LogP contribution in [0.3, 0.4) is 0 Å². The second-order valence-corrected chi connectivity index (χ2v) is 4.47. The van der Waals surface area contributed by atoms with Crippen molar-refractivity contribution in [3.05, 3.63) is 65.5 Å². The van der Waals surface area contributed by atoms with E-state index in [2.05, 4.69) is 12.1 Å². The lowest BCUT2D eigenvalue weighted by Gasteiger charge is -2.18. The molecule has 0 fully saturated rings. The van der Waals surface area contributed by atoms with E-state index in [4.69, 9.17) is 5.73 Å². The fraction of sp³-hybridized carbons (Fsp3) is 0.200. The monoisotopic (exact) mass is 244 g/mol. The summed E-state index contributed by atoms with van der Waals surface area (Å²) in [6.45, 7) is 1.28. The summed E-state index contributed by atoms with van der Waals surface area (Å²) in [6.07, 6.45) is 0. The summed E-state index contributed by atoms with van der Waals surface area (Å²) in [7, 11) is 1.96. The first-order valence-electron chi connectivity index (χ1n) is 5.92. The molecule has 18 heavy (non-hydrogen) atoms. The van der Waals surface area contributed by atoms with Crippen molar-refractivity contribution in [1.82, 2.24) is 4.90 Å². The van der Waals surface area contributed by atoms with Crippen molar-refractivity contribution in [1.29, 1.82) is 0 Å². The first-order chi connectivity index (χ1) is 8.66. The van der Waals surface area contributed by atoms with Crippen molar-refractivity contribution >= 4 is 5.69 Å². The average Bonchev–Trinajstić information content (AvgIpc) is 2.35. The second-order valence-electron chi connectivity index (χ2n) is 4.47. The Labute approximate surface area is 107 Å². The third kappa shape index (κ3) is 3.08. The Hall–Kier alpha value is -1.87. The Bertz CT molecular complexity index is 491. The smallest absolute Gasteiger partial charge is 0.129 e. The lowest BCUT2D eigenvalue weighted by atomic mass is 10.1. The highest BCUT2D eigenvalue weighted by Crippen LogP contribution is 2.18. The number of anilines is 1. The van der Waals surface area contributed by atoms with E-state index in [1.165, 1.54) is 11.6 Å². The van der Waals surface area contributed by atoms with E-state index in [1.54, 1.807) is 12.1 Å². The third-order valence-corrected chi connectivity index (χ3v) is 2.88. The van der Waals surface area contributed by atoms with Crippen molar-refractivity contribution in [3.63, 3.8) is 0 Å². The summed E-state index contributed by atoms with van der Waals surface area (Å²) in [4.78, 5) is 2.05. The molecule has 2 aromatic rings. The Morgan fingerprint density at radius 3 is 2.39 bits per heavy atom. The van der Waals surface area contributed by atoms with Gasteiger partial charge in [-0.15, -0.1) is 0 Å². The van der Waals surface area contributed by atoms with Crippen molar-refractivity contribution in [2.75, 3.05) is 12.8 Å². The summed E-state index contributed by atoms with van der Waals surface area (Å²) in [5, 5.41) is 0. The van der Waals surface area contributed by atoms with Crippen LogP contribution in [0.25, 0.3) is 0 Å². The van der Waals surface area contributed by atoms with Crippen LogP contribution < -0.4 is 5.73 Å². The van der Waals surface area contributed by atoms with E-state index in [0.29, 0.717) is 17.8 Å². The lowest BCUT2D eigenvalue weighted by molar-refractivity contribution is 0.314. The number of nitrogens with two attached hydrogens (primary N) is 1. The molecule has 0 heterocycles. The van der Waals surface area contributed by atoms with Gasteiger partial charge in [0.2, 0.25) is 0 Å². The summed E-state index contributed by atoms with van der Waals surface area (Å²) in [5.41, 5.74) is 8.07. The van der Waals surface area contributed by atoms with Gasteiger partial charge in [-0.1, -0.05) is 36.4 Å². The molecule has 0 saturated heterocycles. The minimum Gasteiger partial charge on any atom is -0.398 e. The molecular weight excluding hydrogens is 227 g/mol. The molecule has 2 nitrogen and oxygen atoms in total. The van der Waals surface area contributed by atoms with Crippen LogP contribution >= 0.6 is 0 Å². The number of hydrogen-bond acceptors (Lipinski definition) is 2. The minimum atomic E-state index is -0.241. The Morgan fingerprint density at radius 2 is 1.72 bits per heavy atom. The molecule has 0 saturated carbocycles. The number of benzene rings is 2. The van der Waals surface area contributed by atoms with E-state index >= 15 is 0 Å². The number of nitrogens with zero attached hydrogens (tertiary/aromatic N) is 1. The number of hydrogen-bond donors (Lipinski definition) is 1. The van der Waals surface area contributed by atoms with Gasteiger partial charge < -0.3 is 5.73 Å². The molecule has 2 N–H and O–H groups in total. The first kappa shape index (κ1) is 12.6. The zero-order valence-electron chi connectivity index (χ0n) is 10.4. The standard InChI is InChI=1S/C15H17FN2/c1-18(10-12-6-3-2-4-7-12)11-13-14(16)8-5-9-15(13)17/h2-9H,10-11,17H2,1H3. The SMILES string of the molecule is CN(Cc1ccccc1)Cc1c(N)cccc1F. The maximum atomic E-state index is 13.6. The summed E-state index contributed by atoms with van der Waals surface area (Å²) in [6, 6.07) is 14.9. The number of rotatable bonds is 4. The molecule has 0 amide bonds. The number of nitrogen functional groups attached to an aromatic ring is 1. The third-order valence-electron chi connectivity index (χ3n) is 2.88. The van der Waals surface area contributed by atoms with Crippen LogP contribution in [-0.4, -0.2) is 11.9 Å². The van der Waals surface area contributed by atoms with Gasteiger partial charge in [0.25, 0.3) is 0 Å². The molecule has 0 bridgehead atoms. The predicted octanol–water partition coefficient (Wildman–Crippen LogP) is 3.04. The predicted molar refractivity (Wildman–Crippen MR) is 72.4 cm³/mol. The molecule has 0 atom stereocenters. The van der Waals surface area contributed by atoms with Crippen molar-refractivity contribution < 1.29 is 4.39 Å². The van der Waals surface area contributed by atoms with Gasteiger partial charge in [0, 0.05) is 24.3 Å². The largest absolute Gasteiger partial charge is 0.398 e. The fourth-order valence-corrected chi connectivity index (χ4v) is 1.96. The topological polar surface area (TPSA) is 29.3 Å². The molecule has 3 heteroatoms. The molecule has 0 unspecified atom stereocenters. The van der Waals surface area contributed by atoms with E-state index in [1.807, 2.05) is 30.1 Å².